The topological polar surface area (TPSA) is 43.6 Å². The van der Waals surface area contributed by atoms with Gasteiger partial charge >= 0.3 is 0 Å². The molecule has 4 aromatic rings. The van der Waals surface area contributed by atoms with Crippen LogP contribution in [0.5, 0.6) is 0 Å². The molecule has 1 unspecified atom stereocenters. The molecule has 0 amide bonds. The first-order chi connectivity index (χ1) is 14.6. The lowest BCUT2D eigenvalue weighted by Crippen LogP contribution is -2.01. The van der Waals surface area contributed by atoms with E-state index in [0.717, 1.165) is 45.4 Å². The van der Waals surface area contributed by atoms with Crippen molar-refractivity contribution in [3.63, 3.8) is 0 Å². The van der Waals surface area contributed by atoms with Gasteiger partial charge in [0.25, 0.3) is 0 Å². The molecule has 0 aliphatic carbocycles. The smallest absolute Gasteiger partial charge is 0.113 e. The molecular formula is C25H23FN4. The van der Waals surface area contributed by atoms with Crippen molar-refractivity contribution in [3.8, 4) is 34.2 Å². The summed E-state index contributed by atoms with van der Waals surface area (Å²) in [6, 6.07) is 14.1. The number of fused-ring (bicyclic) bond motifs is 1. The van der Waals surface area contributed by atoms with Crippen molar-refractivity contribution in [3.05, 3.63) is 66.7 Å². The SMILES string of the molecule is CC#Cc1ccc(-c2cnn(CCCC(C)F)c2)c(-c2ccc3cccnc3c2)n1. The van der Waals surface area contributed by atoms with Gasteiger partial charge in [-0.1, -0.05) is 24.1 Å². The Morgan fingerprint density at radius 1 is 1.13 bits per heavy atom. The summed E-state index contributed by atoms with van der Waals surface area (Å²) in [6.45, 7) is 4.08. The molecule has 0 N–H and O–H groups in total. The predicted octanol–water partition coefficient (Wildman–Crippen LogP) is 5.67. The van der Waals surface area contributed by atoms with Crippen LogP contribution in [0.2, 0.25) is 0 Å². The van der Waals surface area contributed by atoms with Gasteiger partial charge in [0.05, 0.1) is 23.6 Å². The van der Waals surface area contributed by atoms with Crippen molar-refractivity contribution in [2.75, 3.05) is 0 Å². The molecule has 30 heavy (non-hydrogen) atoms. The first-order valence-electron chi connectivity index (χ1n) is 10.1. The third-order valence-electron chi connectivity index (χ3n) is 4.96. The van der Waals surface area contributed by atoms with E-state index in [2.05, 4.69) is 40.1 Å². The number of hydrogen-bond donors (Lipinski definition) is 0. The zero-order chi connectivity index (χ0) is 20.9. The van der Waals surface area contributed by atoms with Crippen LogP contribution in [-0.4, -0.2) is 25.9 Å². The summed E-state index contributed by atoms with van der Waals surface area (Å²) >= 11 is 0. The van der Waals surface area contributed by atoms with Gasteiger partial charge in [-0.05, 0) is 56.9 Å². The van der Waals surface area contributed by atoms with Crippen molar-refractivity contribution in [2.24, 2.45) is 0 Å². The molecule has 3 aromatic heterocycles. The van der Waals surface area contributed by atoms with Crippen molar-refractivity contribution in [1.29, 1.82) is 0 Å². The molecule has 0 radical (unpaired) electrons. The number of aromatic nitrogens is 4. The molecule has 5 heteroatoms. The Balaban J connectivity index is 1.74. The highest BCUT2D eigenvalue weighted by Crippen LogP contribution is 2.32. The first-order valence-corrected chi connectivity index (χ1v) is 10.1. The van der Waals surface area contributed by atoms with Crippen LogP contribution in [0.15, 0.2) is 61.1 Å². The Morgan fingerprint density at radius 3 is 2.87 bits per heavy atom. The van der Waals surface area contributed by atoms with Gasteiger partial charge < -0.3 is 0 Å². The Hall–Kier alpha value is -3.52. The van der Waals surface area contributed by atoms with E-state index in [-0.39, 0.29) is 0 Å². The average molecular weight is 398 g/mol. The number of alkyl halides is 1. The molecule has 0 saturated carbocycles. The average Bonchev–Trinajstić information content (AvgIpc) is 3.22. The molecule has 150 valence electrons. The molecule has 0 saturated heterocycles. The van der Waals surface area contributed by atoms with E-state index < -0.39 is 6.17 Å². The highest BCUT2D eigenvalue weighted by molar-refractivity contribution is 5.87. The van der Waals surface area contributed by atoms with Gasteiger partial charge in [0.2, 0.25) is 0 Å². The zero-order valence-corrected chi connectivity index (χ0v) is 17.1. The number of pyridine rings is 2. The minimum Gasteiger partial charge on any atom is -0.272 e. The fourth-order valence-electron chi connectivity index (χ4n) is 3.48. The Morgan fingerprint density at radius 2 is 2.03 bits per heavy atom. The Labute approximate surface area is 175 Å². The van der Waals surface area contributed by atoms with Crippen LogP contribution in [0.25, 0.3) is 33.3 Å². The van der Waals surface area contributed by atoms with Crippen LogP contribution < -0.4 is 0 Å². The standard InChI is InChI=1S/C25H23FN4/c1-3-6-22-11-12-23(21-16-28-30(17-21)14-5-7-18(2)26)25(29-22)20-10-9-19-8-4-13-27-24(19)15-20/h4,8-13,15-18H,5,7,14H2,1-2H3. The van der Waals surface area contributed by atoms with E-state index in [1.807, 2.05) is 41.3 Å². The summed E-state index contributed by atoms with van der Waals surface area (Å²) in [7, 11) is 0. The fraction of sp³-hybridized carbons (Fsp3) is 0.240. The van der Waals surface area contributed by atoms with E-state index in [1.165, 1.54) is 0 Å². The third-order valence-corrected chi connectivity index (χ3v) is 4.96. The van der Waals surface area contributed by atoms with Gasteiger partial charge in [-0.25, -0.2) is 9.37 Å². The van der Waals surface area contributed by atoms with Gasteiger partial charge in [0, 0.05) is 41.0 Å². The van der Waals surface area contributed by atoms with Crippen LogP contribution in [0.3, 0.4) is 0 Å². The minimum atomic E-state index is -0.787. The molecule has 1 atom stereocenters. The second-order valence-electron chi connectivity index (χ2n) is 7.29. The Kier molecular flexibility index (Phi) is 5.85. The summed E-state index contributed by atoms with van der Waals surface area (Å²) in [5, 5.41) is 5.54. The molecule has 0 spiro atoms. The van der Waals surface area contributed by atoms with Gasteiger partial charge in [-0.2, -0.15) is 5.10 Å². The van der Waals surface area contributed by atoms with Crippen LogP contribution in [0.1, 0.15) is 32.4 Å². The molecule has 3 heterocycles. The highest BCUT2D eigenvalue weighted by atomic mass is 19.1. The molecular weight excluding hydrogens is 375 g/mol. The molecule has 4 rings (SSSR count). The normalized spacial score (nSPS) is 11.8. The van der Waals surface area contributed by atoms with Gasteiger partial charge in [-0.3, -0.25) is 9.67 Å². The minimum absolute atomic E-state index is 0.538. The summed E-state index contributed by atoms with van der Waals surface area (Å²) in [6.07, 6.45) is 6.13. The molecule has 4 nitrogen and oxygen atoms in total. The van der Waals surface area contributed by atoms with Gasteiger partial charge in [0.15, 0.2) is 0 Å². The van der Waals surface area contributed by atoms with Crippen LogP contribution in [0.4, 0.5) is 4.39 Å². The van der Waals surface area contributed by atoms with E-state index in [4.69, 9.17) is 4.98 Å². The number of hydrogen-bond acceptors (Lipinski definition) is 3. The molecule has 0 aliphatic heterocycles. The fourth-order valence-corrected chi connectivity index (χ4v) is 3.48. The first kappa shape index (κ1) is 19.8. The van der Waals surface area contributed by atoms with E-state index in [9.17, 15) is 4.39 Å². The van der Waals surface area contributed by atoms with E-state index >= 15 is 0 Å². The van der Waals surface area contributed by atoms with Crippen molar-refractivity contribution in [2.45, 2.75) is 39.4 Å². The maximum Gasteiger partial charge on any atom is 0.113 e. The lowest BCUT2D eigenvalue weighted by Gasteiger charge is -2.09. The maximum absolute atomic E-state index is 13.1. The van der Waals surface area contributed by atoms with E-state index in [0.29, 0.717) is 13.0 Å². The number of halogens is 1. The molecule has 0 aliphatic rings. The number of rotatable bonds is 6. The summed E-state index contributed by atoms with van der Waals surface area (Å²) in [4.78, 5) is 9.30. The zero-order valence-electron chi connectivity index (χ0n) is 17.1. The second kappa shape index (κ2) is 8.87. The number of benzene rings is 1. The molecule has 0 fully saturated rings. The van der Waals surface area contributed by atoms with Gasteiger partial charge in [-0.15, -0.1) is 0 Å². The number of aryl methyl sites for hydroxylation is 1. The van der Waals surface area contributed by atoms with Crippen LogP contribution >= 0.6 is 0 Å². The summed E-state index contributed by atoms with van der Waals surface area (Å²) in [5.41, 5.74) is 5.43. The van der Waals surface area contributed by atoms with E-state index in [1.54, 1.807) is 20.0 Å². The van der Waals surface area contributed by atoms with Crippen molar-refractivity contribution >= 4 is 10.9 Å². The second-order valence-corrected chi connectivity index (χ2v) is 7.29. The molecule has 1 aromatic carbocycles. The quantitative estimate of drug-likeness (QED) is 0.393. The molecule has 0 bridgehead atoms. The van der Waals surface area contributed by atoms with Crippen LogP contribution in [-0.2, 0) is 6.54 Å². The third kappa shape index (κ3) is 4.38. The number of nitrogens with zero attached hydrogens (tertiary/aromatic N) is 4. The lowest BCUT2D eigenvalue weighted by molar-refractivity contribution is 0.325. The van der Waals surface area contributed by atoms with Gasteiger partial charge in [0.1, 0.15) is 5.69 Å². The predicted molar refractivity (Wildman–Crippen MR) is 119 cm³/mol. The highest BCUT2D eigenvalue weighted by Gasteiger charge is 2.13. The summed E-state index contributed by atoms with van der Waals surface area (Å²) < 4.78 is 14.9. The maximum atomic E-state index is 13.1. The monoisotopic (exact) mass is 398 g/mol. The van der Waals surface area contributed by atoms with Crippen LogP contribution in [0, 0.1) is 11.8 Å². The summed E-state index contributed by atoms with van der Waals surface area (Å²) in [5.74, 6) is 5.96. The largest absolute Gasteiger partial charge is 0.272 e. The lowest BCUT2D eigenvalue weighted by atomic mass is 10.00. The van der Waals surface area contributed by atoms with Crippen molar-refractivity contribution in [1.82, 2.24) is 19.7 Å². The van der Waals surface area contributed by atoms with Crippen molar-refractivity contribution < 1.29 is 4.39 Å². The Bertz CT molecular complexity index is 1230.